The lowest BCUT2D eigenvalue weighted by Gasteiger charge is -2.09. The minimum absolute atomic E-state index is 0.504. The van der Waals surface area contributed by atoms with Gasteiger partial charge in [0.25, 0.3) is 0 Å². The highest BCUT2D eigenvalue weighted by molar-refractivity contribution is 4.50. The van der Waals surface area contributed by atoms with Crippen molar-refractivity contribution in [2.75, 3.05) is 152 Å². The molecule has 0 spiro atoms. The Balaban J connectivity index is 3.05. The fourth-order valence-corrected chi connectivity index (χ4v) is 5.24. The summed E-state index contributed by atoms with van der Waals surface area (Å²) in [6.07, 6.45) is 23.6. The number of hydrogen-bond acceptors (Lipinski definition) is 12. The number of ether oxygens (including phenoxy) is 12. The molecule has 0 heterocycles. The zero-order chi connectivity index (χ0) is 38.8. The van der Waals surface area contributed by atoms with Crippen LogP contribution in [0.25, 0.3) is 0 Å². The van der Waals surface area contributed by atoms with Gasteiger partial charge in [0.15, 0.2) is 0 Å². The third kappa shape index (κ3) is 51.1. The van der Waals surface area contributed by atoms with Gasteiger partial charge in [-0.15, -0.1) is 0 Å². The van der Waals surface area contributed by atoms with E-state index in [9.17, 15) is 0 Å². The molecular weight excluding hydrogens is 696 g/mol. The number of unbranched alkanes of at least 4 members (excludes halogenated alkanes) is 15. The summed E-state index contributed by atoms with van der Waals surface area (Å²) in [5, 5.41) is 0. The van der Waals surface area contributed by atoms with Crippen molar-refractivity contribution in [1.82, 2.24) is 0 Å². The molecule has 0 aliphatic carbocycles. The molecule has 0 atom stereocenters. The lowest BCUT2D eigenvalue weighted by molar-refractivity contribution is -0.0279. The van der Waals surface area contributed by atoms with Gasteiger partial charge in [0.1, 0.15) is 6.61 Å². The van der Waals surface area contributed by atoms with Crippen molar-refractivity contribution in [1.29, 1.82) is 0 Å². The Bertz CT molecular complexity index is 661. The Morgan fingerprint density at radius 2 is 0.426 bits per heavy atom. The third-order valence-corrected chi connectivity index (χ3v) is 8.33. The van der Waals surface area contributed by atoms with Crippen molar-refractivity contribution >= 4 is 0 Å². The highest BCUT2D eigenvalue weighted by Gasteiger charge is 1.98. The molecule has 0 radical (unpaired) electrons. The minimum atomic E-state index is 0.504. The van der Waals surface area contributed by atoms with Crippen LogP contribution in [0, 0.1) is 0 Å². The standard InChI is InChI=1S/C42H84O12/c1-3-5-6-7-8-9-10-11-12-13-14-15-16-17-18-19-20-44-23-24-46-27-28-48-31-32-50-35-36-52-39-40-54-42-41-53-38-37-51-34-33-49-30-29-47-26-25-45-22-21-43-4-2/h4H,2-3,5-42H2,1H3. The number of rotatable bonds is 51. The summed E-state index contributed by atoms with van der Waals surface area (Å²) in [7, 11) is 0. The van der Waals surface area contributed by atoms with Gasteiger partial charge in [0, 0.05) is 6.61 Å². The predicted octanol–water partition coefficient (Wildman–Crippen LogP) is 7.59. The second-order valence-corrected chi connectivity index (χ2v) is 13.1. The molecule has 0 saturated carbocycles. The van der Waals surface area contributed by atoms with Crippen LogP contribution in [0.15, 0.2) is 12.8 Å². The Morgan fingerprint density at radius 1 is 0.241 bits per heavy atom. The molecule has 12 heteroatoms. The smallest absolute Gasteiger partial charge is 0.111 e. The van der Waals surface area contributed by atoms with Crippen LogP contribution >= 0.6 is 0 Å². The van der Waals surface area contributed by atoms with Crippen molar-refractivity contribution in [3.63, 3.8) is 0 Å². The molecule has 324 valence electrons. The van der Waals surface area contributed by atoms with E-state index in [1.807, 2.05) is 0 Å². The van der Waals surface area contributed by atoms with Gasteiger partial charge in [-0.25, -0.2) is 0 Å². The maximum atomic E-state index is 5.69. The minimum Gasteiger partial charge on any atom is -0.499 e. The SMILES string of the molecule is C=COCCOCCOCCOCCOCCOCCOCCOCCOCCOCCOCCOCCCCCCCCCCCCCCCCCC. The van der Waals surface area contributed by atoms with Gasteiger partial charge in [-0.2, -0.15) is 0 Å². The molecule has 0 aromatic heterocycles. The van der Waals surface area contributed by atoms with Crippen LogP contribution in [0.4, 0.5) is 0 Å². The molecule has 0 N–H and O–H groups in total. The van der Waals surface area contributed by atoms with Gasteiger partial charge >= 0.3 is 0 Å². The van der Waals surface area contributed by atoms with E-state index >= 15 is 0 Å². The Morgan fingerprint density at radius 3 is 0.648 bits per heavy atom. The maximum absolute atomic E-state index is 5.69. The molecule has 0 amide bonds. The van der Waals surface area contributed by atoms with E-state index in [0.29, 0.717) is 145 Å². The second-order valence-electron chi connectivity index (χ2n) is 13.1. The lowest BCUT2D eigenvalue weighted by atomic mass is 10.0. The van der Waals surface area contributed by atoms with Gasteiger partial charge < -0.3 is 56.8 Å². The molecule has 0 aliphatic heterocycles. The van der Waals surface area contributed by atoms with Gasteiger partial charge in [-0.1, -0.05) is 110 Å². The first-order chi connectivity index (χ1) is 26.9. The first-order valence-electron chi connectivity index (χ1n) is 21.5. The van der Waals surface area contributed by atoms with Crippen molar-refractivity contribution < 1.29 is 56.8 Å². The van der Waals surface area contributed by atoms with E-state index in [4.69, 9.17) is 56.8 Å². The molecule has 0 rings (SSSR count). The summed E-state index contributed by atoms with van der Waals surface area (Å²) in [6.45, 7) is 18.4. The zero-order valence-corrected chi connectivity index (χ0v) is 34.8. The third-order valence-electron chi connectivity index (χ3n) is 8.33. The monoisotopic (exact) mass is 781 g/mol. The molecule has 12 nitrogen and oxygen atoms in total. The Labute approximate surface area is 330 Å². The molecular formula is C42H84O12. The van der Waals surface area contributed by atoms with Crippen LogP contribution in [0.5, 0.6) is 0 Å². The van der Waals surface area contributed by atoms with Crippen molar-refractivity contribution in [2.45, 2.75) is 110 Å². The van der Waals surface area contributed by atoms with Crippen LogP contribution in [0.3, 0.4) is 0 Å². The summed E-state index contributed by atoms with van der Waals surface area (Å²) in [5.74, 6) is 0. The fourth-order valence-electron chi connectivity index (χ4n) is 5.24. The van der Waals surface area contributed by atoms with E-state index in [2.05, 4.69) is 13.5 Å². The highest BCUT2D eigenvalue weighted by atomic mass is 16.6. The normalized spacial score (nSPS) is 11.5. The van der Waals surface area contributed by atoms with E-state index in [0.717, 1.165) is 13.0 Å². The lowest BCUT2D eigenvalue weighted by Crippen LogP contribution is -2.15. The van der Waals surface area contributed by atoms with Gasteiger partial charge in [0.2, 0.25) is 0 Å². The molecule has 0 fully saturated rings. The Hall–Kier alpha value is -0.900. The first-order valence-corrected chi connectivity index (χ1v) is 21.5. The molecule has 0 unspecified atom stereocenters. The van der Waals surface area contributed by atoms with Crippen LogP contribution in [-0.4, -0.2) is 152 Å². The summed E-state index contributed by atoms with van der Waals surface area (Å²) in [5.41, 5.74) is 0. The van der Waals surface area contributed by atoms with Crippen molar-refractivity contribution in [3.05, 3.63) is 12.8 Å². The van der Waals surface area contributed by atoms with E-state index in [1.165, 1.54) is 103 Å². The first kappa shape index (κ1) is 53.1. The van der Waals surface area contributed by atoms with Crippen LogP contribution < -0.4 is 0 Å². The molecule has 0 aromatic rings. The van der Waals surface area contributed by atoms with Crippen molar-refractivity contribution in [2.24, 2.45) is 0 Å². The summed E-state index contributed by atoms with van der Waals surface area (Å²) < 4.78 is 65.5. The summed E-state index contributed by atoms with van der Waals surface area (Å²) in [4.78, 5) is 0. The van der Waals surface area contributed by atoms with Crippen molar-refractivity contribution in [3.8, 4) is 0 Å². The van der Waals surface area contributed by atoms with E-state index in [1.54, 1.807) is 0 Å². The number of hydrogen-bond donors (Lipinski definition) is 0. The molecule has 0 aromatic carbocycles. The van der Waals surface area contributed by atoms with E-state index < -0.39 is 0 Å². The molecule has 0 saturated heterocycles. The maximum Gasteiger partial charge on any atom is 0.111 e. The largest absolute Gasteiger partial charge is 0.499 e. The molecule has 0 bridgehead atoms. The summed E-state index contributed by atoms with van der Waals surface area (Å²) in [6, 6.07) is 0. The van der Waals surface area contributed by atoms with Crippen LogP contribution in [-0.2, 0) is 56.8 Å². The van der Waals surface area contributed by atoms with Gasteiger partial charge in [-0.3, -0.25) is 0 Å². The Kier molecular flexibility index (Phi) is 51.2. The predicted molar refractivity (Wildman–Crippen MR) is 215 cm³/mol. The van der Waals surface area contributed by atoms with Crippen LogP contribution in [0.2, 0.25) is 0 Å². The fraction of sp³-hybridized carbons (Fsp3) is 0.952. The molecule has 0 aliphatic rings. The summed E-state index contributed by atoms with van der Waals surface area (Å²) >= 11 is 0. The second kappa shape index (κ2) is 52.1. The quantitative estimate of drug-likeness (QED) is 0.0448. The topological polar surface area (TPSA) is 111 Å². The van der Waals surface area contributed by atoms with E-state index in [-0.39, 0.29) is 0 Å². The van der Waals surface area contributed by atoms with Gasteiger partial charge in [-0.05, 0) is 6.42 Å². The highest BCUT2D eigenvalue weighted by Crippen LogP contribution is 2.13. The zero-order valence-electron chi connectivity index (χ0n) is 34.8. The average molecular weight is 781 g/mol. The van der Waals surface area contributed by atoms with Crippen LogP contribution in [0.1, 0.15) is 110 Å². The average Bonchev–Trinajstić information content (AvgIpc) is 3.18. The molecule has 54 heavy (non-hydrogen) atoms. The van der Waals surface area contributed by atoms with Gasteiger partial charge in [0.05, 0.1) is 145 Å².